The molecule has 2 aromatic rings. The normalized spacial score (nSPS) is 12.8. The van der Waals surface area contributed by atoms with Gasteiger partial charge in [0.25, 0.3) is 5.91 Å². The van der Waals surface area contributed by atoms with Crippen molar-refractivity contribution < 1.29 is 14.3 Å². The molecule has 0 aromatic heterocycles. The fraction of sp³-hybridized carbons (Fsp3) is 0.263. The first-order valence-corrected chi connectivity index (χ1v) is 7.84. The molecule has 2 aromatic carbocycles. The Morgan fingerprint density at radius 2 is 1.91 bits per heavy atom. The molecule has 0 fully saturated rings. The lowest BCUT2D eigenvalue weighted by molar-refractivity contribution is -0.118. The molecule has 0 aliphatic heterocycles. The maximum absolute atomic E-state index is 12.0. The quantitative estimate of drug-likeness (QED) is 0.921. The van der Waals surface area contributed by atoms with E-state index in [1.54, 1.807) is 12.1 Å². The highest BCUT2D eigenvalue weighted by Crippen LogP contribution is 2.30. The highest BCUT2D eigenvalue weighted by molar-refractivity contribution is 6.01. The van der Waals surface area contributed by atoms with Crippen LogP contribution >= 0.6 is 0 Å². The Morgan fingerprint density at radius 3 is 2.65 bits per heavy atom. The summed E-state index contributed by atoms with van der Waals surface area (Å²) in [6, 6.07) is 13.2. The number of ether oxygens (including phenoxy) is 1. The highest BCUT2D eigenvalue weighted by atomic mass is 16.5. The van der Waals surface area contributed by atoms with Gasteiger partial charge in [-0.15, -0.1) is 0 Å². The summed E-state index contributed by atoms with van der Waals surface area (Å²) < 4.78 is 5.61. The van der Waals surface area contributed by atoms with Crippen molar-refractivity contribution in [2.24, 2.45) is 0 Å². The first-order chi connectivity index (χ1) is 11.2. The van der Waals surface area contributed by atoms with Gasteiger partial charge in [0.05, 0.1) is 0 Å². The lowest BCUT2D eigenvalue weighted by atomic mass is 10.1. The predicted molar refractivity (Wildman–Crippen MR) is 89.0 cm³/mol. The average Bonchev–Trinajstić information content (AvgIpc) is 2.96. The molecule has 118 valence electrons. The number of nitrogens with one attached hydrogen (secondary N) is 1. The largest absolute Gasteiger partial charge is 0.483 e. The van der Waals surface area contributed by atoms with Crippen LogP contribution in [0.5, 0.6) is 5.75 Å². The Hall–Kier alpha value is -2.62. The van der Waals surface area contributed by atoms with Gasteiger partial charge in [-0.3, -0.25) is 9.59 Å². The van der Waals surface area contributed by atoms with E-state index >= 15 is 0 Å². The Kier molecular flexibility index (Phi) is 4.42. The van der Waals surface area contributed by atoms with Crippen LogP contribution in [0.4, 0.5) is 5.69 Å². The minimum atomic E-state index is -0.212. The number of hydrogen-bond donors (Lipinski definition) is 1. The van der Waals surface area contributed by atoms with E-state index in [0.29, 0.717) is 18.6 Å². The molecule has 4 nitrogen and oxygen atoms in total. The summed E-state index contributed by atoms with van der Waals surface area (Å²) in [6.07, 6.45) is 2.17. The molecule has 0 bridgehead atoms. The van der Waals surface area contributed by atoms with E-state index in [0.717, 1.165) is 23.2 Å². The van der Waals surface area contributed by atoms with Gasteiger partial charge < -0.3 is 10.1 Å². The number of amides is 1. The number of benzene rings is 2. The van der Waals surface area contributed by atoms with E-state index in [9.17, 15) is 9.59 Å². The molecule has 3 rings (SSSR count). The topological polar surface area (TPSA) is 55.4 Å². The van der Waals surface area contributed by atoms with Crippen molar-refractivity contribution in [3.05, 3.63) is 59.2 Å². The summed E-state index contributed by atoms with van der Waals surface area (Å²) in [5.41, 5.74) is 3.61. The standard InChI is InChI=1S/C19H19NO3/c1-2-13-6-8-14(9-7-13)20-19(22)12-23-18-5-3-4-15-16(18)10-11-17(15)21/h3-9H,2,10-12H2,1H3,(H,20,22). The highest BCUT2D eigenvalue weighted by Gasteiger charge is 2.22. The number of Topliss-reactive ketones (excluding diaryl/α,β-unsaturated/α-hetero) is 1. The van der Waals surface area contributed by atoms with Gasteiger partial charge in [0.15, 0.2) is 12.4 Å². The molecule has 4 heteroatoms. The number of fused-ring (bicyclic) bond motifs is 1. The average molecular weight is 309 g/mol. The molecule has 0 atom stereocenters. The third-order valence-electron chi connectivity index (χ3n) is 4.04. The Bertz CT molecular complexity index is 735. The van der Waals surface area contributed by atoms with Crippen molar-refractivity contribution in [2.45, 2.75) is 26.2 Å². The van der Waals surface area contributed by atoms with Crippen LogP contribution in [0.25, 0.3) is 0 Å². The molecule has 1 aliphatic rings. The van der Waals surface area contributed by atoms with Crippen molar-refractivity contribution in [2.75, 3.05) is 11.9 Å². The van der Waals surface area contributed by atoms with Gasteiger partial charge in [-0.1, -0.05) is 31.2 Å². The molecule has 0 saturated heterocycles. The SMILES string of the molecule is CCc1ccc(NC(=O)COc2cccc3c2CCC3=O)cc1. The summed E-state index contributed by atoms with van der Waals surface area (Å²) in [5, 5.41) is 2.81. The number of carbonyl (C=O) groups excluding carboxylic acids is 2. The van der Waals surface area contributed by atoms with E-state index in [1.807, 2.05) is 30.3 Å². The molecular formula is C19H19NO3. The molecule has 1 aliphatic carbocycles. The van der Waals surface area contributed by atoms with Gasteiger partial charge >= 0.3 is 0 Å². The predicted octanol–water partition coefficient (Wildman–Crippen LogP) is 3.40. The van der Waals surface area contributed by atoms with Gasteiger partial charge in [-0.25, -0.2) is 0 Å². The Balaban J connectivity index is 1.60. The minimum absolute atomic E-state index is 0.0693. The third kappa shape index (κ3) is 3.42. The van der Waals surface area contributed by atoms with Gasteiger partial charge in [0.1, 0.15) is 5.75 Å². The molecule has 23 heavy (non-hydrogen) atoms. The van der Waals surface area contributed by atoms with E-state index in [2.05, 4.69) is 12.2 Å². The number of ketones is 1. The number of carbonyl (C=O) groups is 2. The summed E-state index contributed by atoms with van der Waals surface area (Å²) >= 11 is 0. The molecule has 1 amide bonds. The zero-order chi connectivity index (χ0) is 16.2. The van der Waals surface area contributed by atoms with Crippen LogP contribution in [0.3, 0.4) is 0 Å². The van der Waals surface area contributed by atoms with Crippen LogP contribution in [0.1, 0.15) is 34.8 Å². The molecule has 0 radical (unpaired) electrons. The van der Waals surface area contributed by atoms with E-state index in [-0.39, 0.29) is 18.3 Å². The lowest BCUT2D eigenvalue weighted by Crippen LogP contribution is -2.20. The molecule has 0 unspecified atom stereocenters. The second-order valence-corrected chi connectivity index (χ2v) is 5.59. The van der Waals surface area contributed by atoms with Crippen molar-refractivity contribution in [3.63, 3.8) is 0 Å². The maximum Gasteiger partial charge on any atom is 0.262 e. The monoisotopic (exact) mass is 309 g/mol. The fourth-order valence-corrected chi connectivity index (χ4v) is 2.76. The molecule has 1 N–H and O–H groups in total. The van der Waals surface area contributed by atoms with Gasteiger partial charge in [0, 0.05) is 23.2 Å². The molecule has 0 saturated carbocycles. The van der Waals surface area contributed by atoms with Gasteiger partial charge in [-0.05, 0) is 36.6 Å². The van der Waals surface area contributed by atoms with Crippen LogP contribution < -0.4 is 10.1 Å². The van der Waals surface area contributed by atoms with E-state index < -0.39 is 0 Å². The Labute approximate surface area is 135 Å². The van der Waals surface area contributed by atoms with Crippen LogP contribution in [0.15, 0.2) is 42.5 Å². The van der Waals surface area contributed by atoms with Crippen molar-refractivity contribution in [3.8, 4) is 5.75 Å². The summed E-state index contributed by atoms with van der Waals surface area (Å²) in [5.74, 6) is 0.562. The van der Waals surface area contributed by atoms with Crippen LogP contribution in [0.2, 0.25) is 0 Å². The summed E-state index contributed by atoms with van der Waals surface area (Å²) in [7, 11) is 0. The number of hydrogen-bond acceptors (Lipinski definition) is 3. The van der Waals surface area contributed by atoms with Crippen LogP contribution in [-0.4, -0.2) is 18.3 Å². The smallest absolute Gasteiger partial charge is 0.262 e. The van der Waals surface area contributed by atoms with Crippen LogP contribution in [0, 0.1) is 0 Å². The molecule has 0 heterocycles. The Morgan fingerprint density at radius 1 is 1.13 bits per heavy atom. The zero-order valence-electron chi connectivity index (χ0n) is 13.1. The first kappa shape index (κ1) is 15.3. The number of aryl methyl sites for hydroxylation is 1. The van der Waals surface area contributed by atoms with Crippen molar-refractivity contribution in [1.29, 1.82) is 0 Å². The van der Waals surface area contributed by atoms with Crippen molar-refractivity contribution in [1.82, 2.24) is 0 Å². The maximum atomic E-state index is 12.0. The summed E-state index contributed by atoms with van der Waals surface area (Å²) in [4.78, 5) is 23.7. The van der Waals surface area contributed by atoms with Gasteiger partial charge in [0.2, 0.25) is 0 Å². The minimum Gasteiger partial charge on any atom is -0.483 e. The number of rotatable bonds is 5. The zero-order valence-corrected chi connectivity index (χ0v) is 13.1. The second-order valence-electron chi connectivity index (χ2n) is 5.59. The lowest BCUT2D eigenvalue weighted by Gasteiger charge is -2.11. The third-order valence-corrected chi connectivity index (χ3v) is 4.04. The van der Waals surface area contributed by atoms with Gasteiger partial charge in [-0.2, -0.15) is 0 Å². The second kappa shape index (κ2) is 6.65. The fourth-order valence-electron chi connectivity index (χ4n) is 2.76. The summed E-state index contributed by atoms with van der Waals surface area (Å²) in [6.45, 7) is 2.02. The molecular weight excluding hydrogens is 290 g/mol. The number of anilines is 1. The van der Waals surface area contributed by atoms with Crippen molar-refractivity contribution >= 4 is 17.4 Å². The molecule has 0 spiro atoms. The van der Waals surface area contributed by atoms with E-state index in [1.165, 1.54) is 5.56 Å². The van der Waals surface area contributed by atoms with E-state index in [4.69, 9.17) is 4.74 Å². The first-order valence-electron chi connectivity index (χ1n) is 7.84. The van der Waals surface area contributed by atoms with Crippen LogP contribution in [-0.2, 0) is 17.6 Å².